The van der Waals surface area contributed by atoms with Gasteiger partial charge in [-0.3, -0.25) is 15.0 Å². The highest BCUT2D eigenvalue weighted by Gasteiger charge is 2.26. The molecule has 1 aliphatic heterocycles. The average molecular weight is 370 g/mol. The number of aromatic nitrogens is 3. The van der Waals surface area contributed by atoms with Gasteiger partial charge in [0, 0.05) is 44.8 Å². The number of amides is 1. The summed E-state index contributed by atoms with van der Waals surface area (Å²) in [5.74, 6) is 0. The van der Waals surface area contributed by atoms with E-state index in [-0.39, 0.29) is 6.09 Å². The van der Waals surface area contributed by atoms with Gasteiger partial charge in [0.2, 0.25) is 0 Å². The van der Waals surface area contributed by atoms with Crippen LogP contribution in [0.3, 0.4) is 0 Å². The molecule has 0 atom stereocenters. The Morgan fingerprint density at radius 3 is 2.52 bits per heavy atom. The second kappa shape index (κ2) is 8.20. The van der Waals surface area contributed by atoms with Crippen molar-refractivity contribution in [2.24, 2.45) is 0 Å². The maximum Gasteiger partial charge on any atom is 0.410 e. The van der Waals surface area contributed by atoms with Crippen molar-refractivity contribution >= 4 is 17.5 Å². The maximum absolute atomic E-state index is 12.2. The van der Waals surface area contributed by atoms with E-state index >= 15 is 0 Å². The van der Waals surface area contributed by atoms with Crippen molar-refractivity contribution in [1.29, 1.82) is 0 Å². The molecule has 2 aromatic heterocycles. The van der Waals surface area contributed by atoms with E-state index in [1.807, 2.05) is 33.0 Å². The van der Waals surface area contributed by atoms with Gasteiger partial charge in [0.1, 0.15) is 5.60 Å². The summed E-state index contributed by atoms with van der Waals surface area (Å²) in [4.78, 5) is 28.8. The fourth-order valence-corrected chi connectivity index (χ4v) is 2.86. The van der Waals surface area contributed by atoms with Crippen LogP contribution in [0.1, 0.15) is 26.5 Å². The van der Waals surface area contributed by atoms with Crippen LogP contribution in [-0.2, 0) is 11.3 Å². The summed E-state index contributed by atoms with van der Waals surface area (Å²) in [7, 11) is 0. The third-order valence-electron chi connectivity index (χ3n) is 4.15. The molecule has 0 saturated carbocycles. The zero-order valence-corrected chi connectivity index (χ0v) is 16.1. The van der Waals surface area contributed by atoms with Gasteiger partial charge in [-0.2, -0.15) is 0 Å². The minimum Gasteiger partial charge on any atom is -0.444 e. The minimum absolute atomic E-state index is 0.252. The fraction of sp³-hybridized carbons (Fsp3) is 0.474. The molecule has 0 unspecified atom stereocenters. The summed E-state index contributed by atoms with van der Waals surface area (Å²) in [5, 5.41) is 3.38. The van der Waals surface area contributed by atoms with Crippen LogP contribution in [0.15, 0.2) is 37.1 Å². The normalized spacial score (nSPS) is 14.8. The van der Waals surface area contributed by atoms with Crippen molar-refractivity contribution in [3.05, 3.63) is 42.7 Å². The zero-order chi connectivity index (χ0) is 19.3. The molecule has 0 aliphatic carbocycles. The Morgan fingerprint density at radius 1 is 1.11 bits per heavy atom. The van der Waals surface area contributed by atoms with Gasteiger partial charge in [0.25, 0.3) is 0 Å². The third kappa shape index (κ3) is 5.29. The summed E-state index contributed by atoms with van der Waals surface area (Å²) < 4.78 is 5.46. The Kier molecular flexibility index (Phi) is 5.73. The number of carbonyl (C=O) groups is 1. The summed E-state index contributed by atoms with van der Waals surface area (Å²) in [6.45, 7) is 8.95. The first-order valence-corrected chi connectivity index (χ1v) is 9.08. The van der Waals surface area contributed by atoms with Gasteiger partial charge < -0.3 is 19.9 Å². The number of ether oxygens (including phenoxy) is 1. The van der Waals surface area contributed by atoms with Crippen LogP contribution in [0.4, 0.5) is 16.2 Å². The van der Waals surface area contributed by atoms with Crippen molar-refractivity contribution in [1.82, 2.24) is 19.9 Å². The molecule has 2 aromatic rings. The number of hydrogen-bond donors (Lipinski definition) is 1. The van der Waals surface area contributed by atoms with Crippen LogP contribution in [0.25, 0.3) is 0 Å². The number of carbonyl (C=O) groups excluding carboxylic acids is 1. The molecule has 8 heteroatoms. The minimum atomic E-state index is -0.475. The predicted molar refractivity (Wildman–Crippen MR) is 104 cm³/mol. The molecule has 0 aromatic carbocycles. The highest BCUT2D eigenvalue weighted by molar-refractivity contribution is 5.71. The lowest BCUT2D eigenvalue weighted by molar-refractivity contribution is 0.0240. The van der Waals surface area contributed by atoms with Crippen molar-refractivity contribution in [2.45, 2.75) is 32.9 Å². The van der Waals surface area contributed by atoms with Gasteiger partial charge in [-0.15, -0.1) is 0 Å². The average Bonchev–Trinajstić information content (AvgIpc) is 2.66. The maximum atomic E-state index is 12.2. The first kappa shape index (κ1) is 18.9. The van der Waals surface area contributed by atoms with Gasteiger partial charge >= 0.3 is 6.09 Å². The molecule has 0 bridgehead atoms. The molecule has 1 N–H and O–H groups in total. The third-order valence-corrected chi connectivity index (χ3v) is 4.15. The second-order valence-corrected chi connectivity index (χ2v) is 7.40. The Bertz CT molecular complexity index is 754. The molecule has 1 aliphatic rings. The lowest BCUT2D eigenvalue weighted by Gasteiger charge is -2.37. The number of rotatable bonds is 4. The fourth-order valence-electron chi connectivity index (χ4n) is 2.86. The van der Waals surface area contributed by atoms with E-state index in [4.69, 9.17) is 4.74 Å². The summed E-state index contributed by atoms with van der Waals surface area (Å²) >= 11 is 0. The van der Waals surface area contributed by atoms with Gasteiger partial charge in [0.15, 0.2) is 0 Å². The van der Waals surface area contributed by atoms with E-state index in [2.05, 4.69) is 25.2 Å². The zero-order valence-electron chi connectivity index (χ0n) is 16.1. The highest BCUT2D eigenvalue weighted by atomic mass is 16.6. The van der Waals surface area contributed by atoms with Crippen LogP contribution in [0.2, 0.25) is 0 Å². The highest BCUT2D eigenvalue weighted by Crippen LogP contribution is 2.26. The molecule has 144 valence electrons. The summed E-state index contributed by atoms with van der Waals surface area (Å²) in [6, 6.07) is 1.99. The number of hydrogen-bond acceptors (Lipinski definition) is 7. The van der Waals surface area contributed by atoms with Crippen molar-refractivity contribution < 1.29 is 9.53 Å². The number of nitrogens with zero attached hydrogens (tertiary/aromatic N) is 5. The van der Waals surface area contributed by atoms with Crippen molar-refractivity contribution in [2.75, 3.05) is 36.4 Å². The van der Waals surface area contributed by atoms with E-state index in [0.29, 0.717) is 19.6 Å². The van der Waals surface area contributed by atoms with E-state index in [9.17, 15) is 4.79 Å². The molecule has 0 radical (unpaired) electrons. The standard InChI is InChI=1S/C19H26N6O2/c1-19(2,3)27-18(26)25-10-8-24(9-11-25)17-4-5-20-14-16(17)23-13-15-12-21-6-7-22-15/h4-7,12,14,23H,8-11,13H2,1-3H3. The largest absolute Gasteiger partial charge is 0.444 e. The topological polar surface area (TPSA) is 83.5 Å². The molecule has 3 heterocycles. The quantitative estimate of drug-likeness (QED) is 0.885. The van der Waals surface area contributed by atoms with Crippen LogP contribution >= 0.6 is 0 Å². The summed E-state index contributed by atoms with van der Waals surface area (Å²) in [5.41, 5.74) is 2.39. The monoisotopic (exact) mass is 370 g/mol. The molecule has 1 amide bonds. The van der Waals surface area contributed by atoms with E-state index in [0.717, 1.165) is 30.2 Å². The first-order valence-electron chi connectivity index (χ1n) is 9.08. The smallest absolute Gasteiger partial charge is 0.410 e. The van der Waals surface area contributed by atoms with E-state index in [1.165, 1.54) is 0 Å². The Labute approximate surface area is 159 Å². The Morgan fingerprint density at radius 2 is 1.85 bits per heavy atom. The van der Waals surface area contributed by atoms with Gasteiger partial charge in [-0.25, -0.2) is 4.79 Å². The van der Waals surface area contributed by atoms with Gasteiger partial charge in [-0.05, 0) is 26.8 Å². The number of nitrogens with one attached hydrogen (secondary N) is 1. The lowest BCUT2D eigenvalue weighted by Crippen LogP contribution is -2.50. The van der Waals surface area contributed by atoms with E-state index in [1.54, 1.807) is 29.7 Å². The number of piperazine rings is 1. The molecule has 27 heavy (non-hydrogen) atoms. The molecule has 1 saturated heterocycles. The van der Waals surface area contributed by atoms with Gasteiger partial charge in [0.05, 0.1) is 36.0 Å². The van der Waals surface area contributed by atoms with E-state index < -0.39 is 5.60 Å². The molecular formula is C19H26N6O2. The predicted octanol–water partition coefficient (Wildman–Crippen LogP) is 2.54. The van der Waals surface area contributed by atoms with Crippen LogP contribution in [0.5, 0.6) is 0 Å². The number of pyridine rings is 1. The van der Waals surface area contributed by atoms with Crippen LogP contribution in [-0.4, -0.2) is 57.7 Å². The van der Waals surface area contributed by atoms with Crippen molar-refractivity contribution in [3.8, 4) is 0 Å². The lowest BCUT2D eigenvalue weighted by atomic mass is 10.2. The van der Waals surface area contributed by atoms with Crippen LogP contribution < -0.4 is 10.2 Å². The van der Waals surface area contributed by atoms with Gasteiger partial charge in [-0.1, -0.05) is 0 Å². The Hall–Kier alpha value is -2.90. The SMILES string of the molecule is CC(C)(C)OC(=O)N1CCN(c2ccncc2NCc2cnccn2)CC1. The summed E-state index contributed by atoms with van der Waals surface area (Å²) in [6.07, 6.45) is 8.41. The molecule has 3 rings (SSSR count). The van der Waals surface area contributed by atoms with Crippen molar-refractivity contribution in [3.63, 3.8) is 0 Å². The first-order chi connectivity index (χ1) is 12.9. The Balaban J connectivity index is 1.60. The second-order valence-electron chi connectivity index (χ2n) is 7.40. The van der Waals surface area contributed by atoms with Crippen LogP contribution in [0, 0.1) is 0 Å². The molecule has 0 spiro atoms. The molecule has 1 fully saturated rings. The molecule has 8 nitrogen and oxygen atoms in total. The number of anilines is 2. The molecular weight excluding hydrogens is 344 g/mol.